The molecule has 0 aliphatic heterocycles. The highest BCUT2D eigenvalue weighted by Gasteiger charge is 2.27. The molecule has 13 aromatic rings. The minimum absolute atomic E-state index is 0.246. The summed E-state index contributed by atoms with van der Waals surface area (Å²) in [5.41, 5.74) is 23.6. The number of nitrogens with zero attached hydrogens (tertiary/aromatic N) is 3. The van der Waals surface area contributed by atoms with Crippen molar-refractivity contribution in [3.05, 3.63) is 230 Å². The van der Waals surface area contributed by atoms with E-state index in [4.69, 9.17) is 10.7 Å². The van der Waals surface area contributed by atoms with Crippen LogP contribution in [0.4, 0.5) is 0 Å². The lowest BCUT2D eigenvalue weighted by Gasteiger charge is -2.13. The summed E-state index contributed by atoms with van der Waals surface area (Å²) in [6.07, 6.45) is 1.25. The van der Waals surface area contributed by atoms with Gasteiger partial charge in [-0.25, -0.2) is 0 Å². The van der Waals surface area contributed by atoms with Gasteiger partial charge in [-0.2, -0.15) is 0 Å². The molecule has 0 amide bonds. The molecule has 0 fully saturated rings. The minimum Gasteiger partial charge on any atom is -0.312 e. The second kappa shape index (κ2) is 16.3. The van der Waals surface area contributed by atoms with Crippen molar-refractivity contribution in [2.75, 3.05) is 6.67 Å². The maximum atomic E-state index is 6.03. The number of fused-ring (bicyclic) bond motifs is 13. The number of hydrogen-bond acceptors (Lipinski definition) is 2. The quantitative estimate of drug-likeness (QED) is 0.184. The lowest BCUT2D eigenvalue weighted by molar-refractivity contribution is 1.07. The zero-order valence-corrected chi connectivity index (χ0v) is 38.6. The van der Waals surface area contributed by atoms with Crippen molar-refractivity contribution < 1.29 is 0 Å². The molecule has 0 bridgehead atoms. The third-order valence-corrected chi connectivity index (χ3v) is 14.0. The molecule has 0 saturated heterocycles. The van der Waals surface area contributed by atoms with Gasteiger partial charge in [0.25, 0.3) is 0 Å². The summed E-state index contributed by atoms with van der Waals surface area (Å²) in [5, 5.41) is 12.4. The minimum atomic E-state index is 0.246. The van der Waals surface area contributed by atoms with Crippen molar-refractivity contribution in [1.82, 2.24) is 9.13 Å². The van der Waals surface area contributed by atoms with Crippen molar-refractivity contribution in [3.63, 3.8) is 0 Å². The first-order chi connectivity index (χ1) is 34.1. The summed E-state index contributed by atoms with van der Waals surface area (Å²) in [7, 11) is 0. The summed E-state index contributed by atoms with van der Waals surface area (Å²) in [5.74, 6) is 0. The molecule has 328 valence electrons. The van der Waals surface area contributed by atoms with Gasteiger partial charge in [0.05, 0.1) is 34.4 Å². The molecule has 2 N–H and O–H groups in total. The van der Waals surface area contributed by atoms with Crippen LogP contribution in [-0.2, 0) is 0 Å². The summed E-state index contributed by atoms with van der Waals surface area (Å²) in [6.45, 7) is 4.50. The van der Waals surface area contributed by atoms with Crippen molar-refractivity contribution in [3.8, 4) is 44.8 Å². The summed E-state index contributed by atoms with van der Waals surface area (Å²) >= 11 is 0. The van der Waals surface area contributed by atoms with E-state index in [-0.39, 0.29) is 6.67 Å². The summed E-state index contributed by atoms with van der Waals surface area (Å²) < 4.78 is 4.82. The number of para-hydroxylation sites is 3. The molecular formula is C65H48N4. The van der Waals surface area contributed by atoms with Gasteiger partial charge < -0.3 is 14.9 Å². The molecule has 0 unspecified atom stereocenters. The highest BCUT2D eigenvalue weighted by molar-refractivity contribution is 6.27. The predicted molar refractivity (Wildman–Crippen MR) is 295 cm³/mol. The van der Waals surface area contributed by atoms with Crippen LogP contribution < -0.4 is 5.73 Å². The molecule has 0 radical (unpaired) electrons. The van der Waals surface area contributed by atoms with E-state index in [1.165, 1.54) is 121 Å². The number of hydrogen-bond donors (Lipinski definition) is 1. The Labute approximate surface area is 400 Å². The van der Waals surface area contributed by atoms with Crippen LogP contribution in [0.5, 0.6) is 0 Å². The molecule has 14 rings (SSSR count). The van der Waals surface area contributed by atoms with Crippen LogP contribution in [-0.4, -0.2) is 21.5 Å². The van der Waals surface area contributed by atoms with Gasteiger partial charge in [-0.1, -0.05) is 166 Å². The fourth-order valence-corrected chi connectivity index (χ4v) is 11.1. The van der Waals surface area contributed by atoms with Gasteiger partial charge in [-0.15, -0.1) is 0 Å². The second-order valence-electron chi connectivity index (χ2n) is 18.3. The molecule has 0 saturated carbocycles. The average Bonchev–Trinajstić information content (AvgIpc) is 4.03. The second-order valence-corrected chi connectivity index (χ2v) is 18.3. The van der Waals surface area contributed by atoms with Crippen LogP contribution in [0.2, 0.25) is 0 Å². The van der Waals surface area contributed by atoms with Crippen molar-refractivity contribution >= 4 is 81.6 Å². The van der Waals surface area contributed by atoms with Crippen LogP contribution in [0, 0.1) is 0 Å². The van der Waals surface area contributed by atoms with E-state index < -0.39 is 0 Å². The lowest BCUT2D eigenvalue weighted by Crippen LogP contribution is -2.05. The van der Waals surface area contributed by atoms with Gasteiger partial charge in [0.1, 0.15) is 0 Å². The van der Waals surface area contributed by atoms with E-state index >= 15 is 0 Å². The van der Waals surface area contributed by atoms with E-state index in [1.807, 2.05) is 0 Å². The Hall–Kier alpha value is -8.57. The van der Waals surface area contributed by atoms with Gasteiger partial charge in [-0.3, -0.25) is 4.99 Å². The fourth-order valence-electron chi connectivity index (χ4n) is 11.1. The first kappa shape index (κ1) is 40.7. The average molecular weight is 885 g/mol. The Kier molecular flexibility index (Phi) is 9.63. The van der Waals surface area contributed by atoms with Gasteiger partial charge in [0, 0.05) is 44.0 Å². The van der Waals surface area contributed by atoms with Gasteiger partial charge >= 0.3 is 0 Å². The normalized spacial score (nSPS) is 12.7. The fraction of sp³-hybridized carbons (Fsp3) is 0.0615. The highest BCUT2D eigenvalue weighted by Crippen LogP contribution is 2.44. The Morgan fingerprint density at radius 3 is 1.75 bits per heavy atom. The first-order valence-corrected chi connectivity index (χ1v) is 24.1. The molecule has 11 aromatic carbocycles. The monoisotopic (exact) mass is 884 g/mol. The SMILES string of the molecule is CCC.NC/N=C1/c2ccccc2-c2cccc(-c3ccc4cc(-n5c6ccccc6c6cc7cc(-c8ccc9c(ccc%10c9c9ccccc9n%10-c9ccccc9)c8)ccc7cc65)ccc4c3)c21. The van der Waals surface area contributed by atoms with Crippen molar-refractivity contribution in [2.24, 2.45) is 10.7 Å². The standard InChI is InChI=1S/C62H40N4.C3H8/c63-37-64-62-53-15-5-4-13-50(53)52-18-10-17-48(61(52)62)43-24-23-41-34-47(28-25-39(41)31-43)66-56-19-8-6-14-51(56)55-35-45-33-38(21-22-42(45)36-59(55)66)40-26-29-49-44(32-40)27-30-58-60(49)54-16-7-9-20-57(54)65(58)46-11-2-1-3-12-46;1-3-2/h1-36H,37,63H2;3H2,1-2H3/b64-62-;. The van der Waals surface area contributed by atoms with Crippen molar-refractivity contribution in [1.29, 1.82) is 0 Å². The number of rotatable bonds is 5. The summed E-state index contributed by atoms with van der Waals surface area (Å²) in [4.78, 5) is 4.81. The Morgan fingerprint density at radius 2 is 0.942 bits per heavy atom. The number of aromatic nitrogens is 2. The molecule has 0 atom stereocenters. The maximum absolute atomic E-state index is 6.03. The smallest absolute Gasteiger partial charge is 0.0867 e. The first-order valence-electron chi connectivity index (χ1n) is 24.1. The van der Waals surface area contributed by atoms with Crippen LogP contribution in [0.15, 0.2) is 223 Å². The molecule has 4 heteroatoms. The van der Waals surface area contributed by atoms with Crippen LogP contribution in [0.25, 0.3) is 121 Å². The van der Waals surface area contributed by atoms with E-state index in [1.54, 1.807) is 0 Å². The zero-order chi connectivity index (χ0) is 46.2. The highest BCUT2D eigenvalue weighted by atomic mass is 15.0. The van der Waals surface area contributed by atoms with Gasteiger partial charge in [0.15, 0.2) is 0 Å². The number of nitrogens with two attached hydrogens (primary N) is 1. The third kappa shape index (κ3) is 6.44. The number of benzene rings is 11. The molecule has 1 aliphatic rings. The third-order valence-electron chi connectivity index (χ3n) is 14.0. The Bertz CT molecular complexity index is 4230. The van der Waals surface area contributed by atoms with E-state index in [2.05, 4.69) is 241 Å². The van der Waals surface area contributed by atoms with Crippen molar-refractivity contribution in [2.45, 2.75) is 20.3 Å². The summed E-state index contributed by atoms with van der Waals surface area (Å²) in [6, 6.07) is 80.3. The molecule has 4 nitrogen and oxygen atoms in total. The topological polar surface area (TPSA) is 48.2 Å². The number of aliphatic imine (C=N–C) groups is 1. The van der Waals surface area contributed by atoms with E-state index in [0.717, 1.165) is 22.5 Å². The molecule has 2 aromatic heterocycles. The van der Waals surface area contributed by atoms with Gasteiger partial charge in [-0.05, 0) is 138 Å². The molecular weight excluding hydrogens is 837 g/mol. The van der Waals surface area contributed by atoms with Gasteiger partial charge in [0.2, 0.25) is 0 Å². The predicted octanol–water partition coefficient (Wildman–Crippen LogP) is 16.8. The van der Waals surface area contributed by atoms with Crippen LogP contribution in [0.3, 0.4) is 0 Å². The zero-order valence-electron chi connectivity index (χ0n) is 38.6. The van der Waals surface area contributed by atoms with Crippen LogP contribution >= 0.6 is 0 Å². The molecule has 1 aliphatic carbocycles. The van der Waals surface area contributed by atoms with E-state index in [0.29, 0.717) is 0 Å². The largest absolute Gasteiger partial charge is 0.312 e. The lowest BCUT2D eigenvalue weighted by atomic mass is 9.93. The molecule has 0 spiro atoms. The molecule has 69 heavy (non-hydrogen) atoms. The Morgan fingerprint density at radius 1 is 0.362 bits per heavy atom. The maximum Gasteiger partial charge on any atom is 0.0867 e. The molecule has 2 heterocycles. The van der Waals surface area contributed by atoms with E-state index in [9.17, 15) is 0 Å². The van der Waals surface area contributed by atoms with Crippen LogP contribution in [0.1, 0.15) is 31.4 Å². The Balaban J connectivity index is 0.00000153.